The monoisotopic (exact) mass is 504 g/mol. The highest BCUT2D eigenvalue weighted by Crippen LogP contribution is 2.09. The Labute approximate surface area is 182 Å². The van der Waals surface area contributed by atoms with Crippen LogP contribution in [0.4, 0.5) is 0 Å². The van der Waals surface area contributed by atoms with Crippen molar-refractivity contribution in [1.29, 1.82) is 0 Å². The fraction of sp³-hybridized carbons (Fsp3) is 0.526. The van der Waals surface area contributed by atoms with Crippen LogP contribution in [0.5, 0.6) is 0 Å². The van der Waals surface area contributed by atoms with E-state index >= 15 is 0 Å². The van der Waals surface area contributed by atoms with E-state index in [0.717, 1.165) is 70.5 Å². The van der Waals surface area contributed by atoms with E-state index in [0.29, 0.717) is 6.54 Å². The summed E-state index contributed by atoms with van der Waals surface area (Å²) in [6, 6.07) is 8.10. The number of nitrogens with one attached hydrogen (secondary N) is 2. The molecule has 1 aliphatic rings. The van der Waals surface area contributed by atoms with E-state index in [1.165, 1.54) is 4.88 Å². The molecule has 0 aromatic carbocycles. The minimum absolute atomic E-state index is 0. The van der Waals surface area contributed by atoms with Gasteiger partial charge in [-0.3, -0.25) is 4.90 Å². The molecule has 1 saturated heterocycles. The number of aliphatic imine (C=N–C) groups is 1. The number of furan rings is 1. The van der Waals surface area contributed by atoms with Crippen molar-refractivity contribution >= 4 is 41.3 Å². The summed E-state index contributed by atoms with van der Waals surface area (Å²) in [5.41, 5.74) is 0. The van der Waals surface area contributed by atoms with Gasteiger partial charge in [0.05, 0.1) is 26.0 Å². The molecular weight excluding hydrogens is 475 g/mol. The van der Waals surface area contributed by atoms with Crippen LogP contribution in [0.3, 0.4) is 0 Å². The Morgan fingerprint density at radius 1 is 1.15 bits per heavy atom. The van der Waals surface area contributed by atoms with E-state index in [-0.39, 0.29) is 24.0 Å². The molecule has 0 atom stereocenters. The van der Waals surface area contributed by atoms with Gasteiger partial charge >= 0.3 is 0 Å². The minimum Gasteiger partial charge on any atom is -0.469 e. The van der Waals surface area contributed by atoms with Gasteiger partial charge in [-0.1, -0.05) is 6.07 Å². The van der Waals surface area contributed by atoms with Gasteiger partial charge in [0.2, 0.25) is 0 Å². The predicted molar refractivity (Wildman–Crippen MR) is 121 cm³/mol. The van der Waals surface area contributed by atoms with Crippen molar-refractivity contribution in [2.75, 3.05) is 45.9 Å². The SMILES string of the molecule is I.c1coc(CCNC(=NCc2cccs2)NCCCN2CCOCC2)c1. The fourth-order valence-electron chi connectivity index (χ4n) is 2.83. The van der Waals surface area contributed by atoms with Crippen molar-refractivity contribution in [3.05, 3.63) is 46.5 Å². The maximum Gasteiger partial charge on any atom is 0.191 e. The maximum atomic E-state index is 5.39. The Hall–Kier alpha value is -1.10. The van der Waals surface area contributed by atoms with Crippen molar-refractivity contribution < 1.29 is 9.15 Å². The zero-order chi connectivity index (χ0) is 17.9. The van der Waals surface area contributed by atoms with Crippen LogP contribution in [0, 0.1) is 0 Å². The van der Waals surface area contributed by atoms with Gasteiger partial charge in [0.15, 0.2) is 5.96 Å². The number of ether oxygens (including phenoxy) is 1. The van der Waals surface area contributed by atoms with Crippen molar-refractivity contribution in [2.45, 2.75) is 19.4 Å². The molecule has 1 fully saturated rings. The first-order valence-corrected chi connectivity index (χ1v) is 10.2. The van der Waals surface area contributed by atoms with E-state index in [2.05, 4.69) is 33.0 Å². The molecule has 3 rings (SSSR count). The number of rotatable bonds is 9. The fourth-order valence-corrected chi connectivity index (χ4v) is 3.46. The van der Waals surface area contributed by atoms with Crippen LogP contribution < -0.4 is 10.6 Å². The van der Waals surface area contributed by atoms with E-state index in [9.17, 15) is 0 Å². The van der Waals surface area contributed by atoms with Gasteiger partial charge < -0.3 is 19.8 Å². The molecule has 0 aliphatic carbocycles. The largest absolute Gasteiger partial charge is 0.469 e. The Bertz CT molecular complexity index is 628. The van der Waals surface area contributed by atoms with Gasteiger partial charge in [-0.25, -0.2) is 4.99 Å². The van der Waals surface area contributed by atoms with Crippen molar-refractivity contribution in [3.8, 4) is 0 Å². The molecule has 2 N–H and O–H groups in total. The van der Waals surface area contributed by atoms with Gasteiger partial charge in [0.1, 0.15) is 5.76 Å². The topological polar surface area (TPSA) is 62.0 Å². The number of guanidine groups is 1. The lowest BCUT2D eigenvalue weighted by Crippen LogP contribution is -2.41. The molecular formula is C19H29IN4O2S. The van der Waals surface area contributed by atoms with Gasteiger partial charge in [-0.05, 0) is 36.5 Å². The third kappa shape index (κ3) is 8.63. The molecule has 0 amide bonds. The summed E-state index contributed by atoms with van der Waals surface area (Å²) in [6.45, 7) is 7.31. The molecule has 0 bridgehead atoms. The number of morpholine rings is 1. The normalized spacial score (nSPS) is 15.3. The summed E-state index contributed by atoms with van der Waals surface area (Å²) in [5, 5.41) is 8.95. The Balaban J connectivity index is 0.00000261. The number of hydrogen-bond donors (Lipinski definition) is 2. The number of halogens is 1. The van der Waals surface area contributed by atoms with Crippen molar-refractivity contribution in [2.24, 2.45) is 4.99 Å². The Morgan fingerprint density at radius 3 is 2.74 bits per heavy atom. The lowest BCUT2D eigenvalue weighted by molar-refractivity contribution is 0.0376. The van der Waals surface area contributed by atoms with Crippen LogP contribution in [0.25, 0.3) is 0 Å². The molecule has 3 heterocycles. The molecule has 150 valence electrons. The van der Waals surface area contributed by atoms with Crippen LogP contribution in [-0.2, 0) is 17.7 Å². The smallest absolute Gasteiger partial charge is 0.191 e. The summed E-state index contributed by atoms with van der Waals surface area (Å²) in [6.07, 6.45) is 3.66. The highest BCUT2D eigenvalue weighted by Gasteiger charge is 2.09. The van der Waals surface area contributed by atoms with Gasteiger partial charge in [0, 0.05) is 37.5 Å². The number of thiophene rings is 1. The Kier molecular flexibility index (Phi) is 10.8. The van der Waals surface area contributed by atoms with Gasteiger partial charge in [0.25, 0.3) is 0 Å². The summed E-state index contributed by atoms with van der Waals surface area (Å²) in [5.74, 6) is 1.86. The zero-order valence-electron chi connectivity index (χ0n) is 15.6. The second kappa shape index (κ2) is 13.1. The van der Waals surface area contributed by atoms with Crippen LogP contribution in [-0.4, -0.2) is 56.8 Å². The first-order chi connectivity index (χ1) is 12.9. The summed E-state index contributed by atoms with van der Waals surface area (Å²) in [4.78, 5) is 8.44. The summed E-state index contributed by atoms with van der Waals surface area (Å²) >= 11 is 1.74. The Morgan fingerprint density at radius 2 is 2.00 bits per heavy atom. The number of nitrogens with zero attached hydrogens (tertiary/aromatic N) is 2. The molecule has 1 aliphatic heterocycles. The standard InChI is InChI=1S/C19H28N4O2S.HI/c1-4-17(25-12-1)6-8-21-19(22-16-18-5-2-15-26-18)20-7-3-9-23-10-13-24-14-11-23;/h1-2,4-5,12,15H,3,6-11,13-14,16H2,(H2,20,21,22);1H. The van der Waals surface area contributed by atoms with Gasteiger partial charge in [-0.2, -0.15) is 0 Å². The average Bonchev–Trinajstić information content (AvgIpc) is 3.37. The zero-order valence-corrected chi connectivity index (χ0v) is 18.7. The second-order valence-corrected chi connectivity index (χ2v) is 7.27. The first-order valence-electron chi connectivity index (χ1n) is 9.27. The maximum absolute atomic E-state index is 5.39. The van der Waals surface area contributed by atoms with Crippen LogP contribution in [0.15, 0.2) is 45.3 Å². The quantitative estimate of drug-likeness (QED) is 0.238. The molecule has 0 saturated carbocycles. The highest BCUT2D eigenvalue weighted by molar-refractivity contribution is 14.0. The third-order valence-corrected chi connectivity index (χ3v) is 5.13. The molecule has 0 radical (unpaired) electrons. The van der Waals surface area contributed by atoms with E-state index in [1.807, 2.05) is 12.1 Å². The van der Waals surface area contributed by atoms with E-state index in [4.69, 9.17) is 14.1 Å². The van der Waals surface area contributed by atoms with E-state index in [1.54, 1.807) is 17.6 Å². The molecule has 2 aromatic rings. The van der Waals surface area contributed by atoms with Crippen LogP contribution in [0.1, 0.15) is 17.1 Å². The molecule has 2 aromatic heterocycles. The average molecular weight is 504 g/mol. The van der Waals surface area contributed by atoms with Gasteiger partial charge in [-0.15, -0.1) is 35.3 Å². The molecule has 8 heteroatoms. The molecule has 6 nitrogen and oxygen atoms in total. The first kappa shape index (κ1) is 22.2. The lowest BCUT2D eigenvalue weighted by atomic mass is 10.3. The van der Waals surface area contributed by atoms with E-state index < -0.39 is 0 Å². The van der Waals surface area contributed by atoms with Crippen LogP contribution in [0.2, 0.25) is 0 Å². The second-order valence-electron chi connectivity index (χ2n) is 6.23. The van der Waals surface area contributed by atoms with Crippen molar-refractivity contribution in [3.63, 3.8) is 0 Å². The molecule has 0 unspecified atom stereocenters. The molecule has 0 spiro atoms. The highest BCUT2D eigenvalue weighted by atomic mass is 127. The predicted octanol–water partition coefficient (Wildman–Crippen LogP) is 2.96. The van der Waals surface area contributed by atoms with Crippen molar-refractivity contribution in [1.82, 2.24) is 15.5 Å². The van der Waals surface area contributed by atoms with Crippen LogP contribution >= 0.6 is 35.3 Å². The molecule has 27 heavy (non-hydrogen) atoms. The third-order valence-electron chi connectivity index (χ3n) is 4.26. The summed E-state index contributed by atoms with van der Waals surface area (Å²) in [7, 11) is 0. The minimum atomic E-state index is 0. The number of hydrogen-bond acceptors (Lipinski definition) is 5. The lowest BCUT2D eigenvalue weighted by Gasteiger charge is -2.26. The summed E-state index contributed by atoms with van der Waals surface area (Å²) < 4.78 is 10.8.